The van der Waals surface area contributed by atoms with Crippen LogP contribution in [0.1, 0.15) is 57.7 Å². The molecule has 0 fully saturated rings. The molecule has 0 unspecified atom stereocenters. The van der Waals surface area contributed by atoms with E-state index < -0.39 is 11.2 Å². The smallest absolute Gasteiger partial charge is 0.336 e. The third kappa shape index (κ3) is 2.70. The Morgan fingerprint density at radius 3 is 2.68 bits per heavy atom. The van der Waals surface area contributed by atoms with Gasteiger partial charge in [0.15, 0.2) is 5.58 Å². The van der Waals surface area contributed by atoms with Crippen molar-refractivity contribution in [3.05, 3.63) is 39.3 Å². The van der Waals surface area contributed by atoms with Gasteiger partial charge in [0.25, 0.3) is 0 Å². The second-order valence-electron chi connectivity index (χ2n) is 8.13. The van der Waals surface area contributed by atoms with Gasteiger partial charge in [-0.15, -0.1) is 0 Å². The molecular weight excluding hydrogens is 358 g/mol. The lowest BCUT2D eigenvalue weighted by Gasteiger charge is -2.35. The summed E-state index contributed by atoms with van der Waals surface area (Å²) in [5.74, 6) is 1.01. The molecule has 2 atom stereocenters. The van der Waals surface area contributed by atoms with Gasteiger partial charge in [0, 0.05) is 12.0 Å². The first kappa shape index (κ1) is 18.6. The zero-order valence-corrected chi connectivity index (χ0v) is 16.8. The quantitative estimate of drug-likeness (QED) is 0.468. The molecule has 6 nitrogen and oxygen atoms in total. The van der Waals surface area contributed by atoms with Gasteiger partial charge in [0.2, 0.25) is 0 Å². The maximum Gasteiger partial charge on any atom is 0.336 e. The van der Waals surface area contributed by atoms with Crippen LogP contribution in [0, 0.1) is 5.92 Å². The lowest BCUT2D eigenvalue weighted by atomic mass is 9.85. The van der Waals surface area contributed by atoms with Crippen LogP contribution in [0.2, 0.25) is 0 Å². The molecule has 0 amide bonds. The fraction of sp³-hybridized carbons (Fsp3) is 0.455. The normalized spacial score (nSPS) is 23.8. The van der Waals surface area contributed by atoms with Crippen LogP contribution in [-0.2, 0) is 6.42 Å². The molecule has 0 saturated carbocycles. The Morgan fingerprint density at radius 2 is 2.00 bits per heavy atom. The van der Waals surface area contributed by atoms with E-state index in [1.165, 1.54) is 6.07 Å². The minimum absolute atomic E-state index is 0.163. The first-order chi connectivity index (χ1) is 13.3. The Hall–Kier alpha value is -2.76. The molecule has 1 aromatic heterocycles. The number of hydrogen-bond acceptors (Lipinski definition) is 6. The number of ether oxygens (including phenoxy) is 2. The van der Waals surface area contributed by atoms with Crippen LogP contribution in [-0.4, -0.2) is 22.6 Å². The number of rotatable bonds is 2. The average molecular weight is 383 g/mol. The van der Waals surface area contributed by atoms with Crippen molar-refractivity contribution in [2.24, 2.45) is 11.1 Å². The summed E-state index contributed by atoms with van der Waals surface area (Å²) in [6, 6.07) is 1.53. The third-order valence-electron chi connectivity index (χ3n) is 5.55. The van der Waals surface area contributed by atoms with Crippen molar-refractivity contribution >= 4 is 22.8 Å². The van der Waals surface area contributed by atoms with E-state index in [4.69, 9.17) is 13.9 Å². The summed E-state index contributed by atoms with van der Waals surface area (Å²) in [6.45, 7) is 9.86. The Morgan fingerprint density at radius 1 is 1.25 bits per heavy atom. The van der Waals surface area contributed by atoms with E-state index in [0.29, 0.717) is 34.8 Å². The molecule has 0 bridgehead atoms. The highest BCUT2D eigenvalue weighted by Crippen LogP contribution is 2.49. The molecule has 1 aromatic carbocycles. The van der Waals surface area contributed by atoms with Crippen LogP contribution >= 0.6 is 0 Å². The van der Waals surface area contributed by atoms with Gasteiger partial charge in [-0.2, -0.15) is 0 Å². The molecule has 2 aliphatic heterocycles. The summed E-state index contributed by atoms with van der Waals surface area (Å²) in [4.78, 5) is 12.3. The molecule has 4 rings (SSSR count). The van der Waals surface area contributed by atoms with Crippen LogP contribution in [0.25, 0.3) is 17.0 Å². The van der Waals surface area contributed by atoms with Crippen LogP contribution in [0.15, 0.2) is 26.5 Å². The number of benzene rings is 1. The van der Waals surface area contributed by atoms with E-state index in [1.54, 1.807) is 0 Å². The predicted octanol–water partition coefficient (Wildman–Crippen LogP) is 4.53. The van der Waals surface area contributed by atoms with Crippen LogP contribution < -0.4 is 15.1 Å². The van der Waals surface area contributed by atoms with Gasteiger partial charge >= 0.3 is 5.63 Å². The van der Waals surface area contributed by atoms with Gasteiger partial charge in [-0.3, -0.25) is 0 Å². The maximum absolute atomic E-state index is 12.3. The fourth-order valence-electron chi connectivity index (χ4n) is 3.98. The topological polar surface area (TPSA) is 81.3 Å². The maximum atomic E-state index is 12.3. The van der Waals surface area contributed by atoms with Crippen molar-refractivity contribution in [2.45, 2.75) is 59.2 Å². The molecule has 0 radical (unpaired) electrons. The highest BCUT2D eigenvalue weighted by molar-refractivity contribution is 6.16. The van der Waals surface area contributed by atoms with Crippen LogP contribution in [0.3, 0.4) is 0 Å². The van der Waals surface area contributed by atoms with Gasteiger partial charge in [0.05, 0.1) is 16.5 Å². The minimum atomic E-state index is -0.505. The Labute approximate surface area is 163 Å². The summed E-state index contributed by atoms with van der Waals surface area (Å²) >= 11 is 0. The van der Waals surface area contributed by atoms with Crippen molar-refractivity contribution in [3.8, 4) is 11.5 Å². The van der Waals surface area contributed by atoms with E-state index >= 15 is 0 Å². The Bertz CT molecular complexity index is 1080. The standard InChI is InChI=1S/C22H25NO5/c1-6-7-13-10-15(24)27-21-16(13)20-14(8-9-22(4,5)28-20)19-17(21)18(23-25)11(2)12(3)26-19/h8-12,25H,6-7H2,1-5H3/b23-18-/t11-,12-/m1/s1. The van der Waals surface area contributed by atoms with Gasteiger partial charge in [0.1, 0.15) is 28.9 Å². The molecule has 0 saturated heterocycles. The molecule has 6 heteroatoms. The van der Waals surface area contributed by atoms with Crippen LogP contribution in [0.4, 0.5) is 0 Å². The summed E-state index contributed by atoms with van der Waals surface area (Å²) in [7, 11) is 0. The van der Waals surface area contributed by atoms with Crippen molar-refractivity contribution in [1.82, 2.24) is 0 Å². The largest absolute Gasteiger partial charge is 0.488 e. The fourth-order valence-corrected chi connectivity index (χ4v) is 3.98. The van der Waals surface area contributed by atoms with Crippen molar-refractivity contribution in [2.75, 3.05) is 0 Å². The van der Waals surface area contributed by atoms with E-state index in [0.717, 1.165) is 22.9 Å². The summed E-state index contributed by atoms with van der Waals surface area (Å²) in [5, 5.41) is 14.1. The van der Waals surface area contributed by atoms with Gasteiger partial charge < -0.3 is 19.1 Å². The highest BCUT2D eigenvalue weighted by Gasteiger charge is 2.39. The number of nitrogens with zero attached hydrogens (tertiary/aromatic N) is 1. The number of oxime groups is 1. The summed E-state index contributed by atoms with van der Waals surface area (Å²) < 4.78 is 18.2. The molecule has 2 aliphatic rings. The summed E-state index contributed by atoms with van der Waals surface area (Å²) in [6.07, 6.45) is 5.33. The zero-order valence-electron chi connectivity index (χ0n) is 16.8. The average Bonchev–Trinajstić information content (AvgIpc) is 2.62. The van der Waals surface area contributed by atoms with Crippen molar-refractivity contribution in [1.29, 1.82) is 0 Å². The van der Waals surface area contributed by atoms with Gasteiger partial charge in [-0.1, -0.05) is 25.4 Å². The van der Waals surface area contributed by atoms with Crippen molar-refractivity contribution < 1.29 is 19.1 Å². The number of fused-ring (bicyclic) bond motifs is 6. The molecule has 0 aliphatic carbocycles. The van der Waals surface area contributed by atoms with Crippen molar-refractivity contribution in [3.63, 3.8) is 0 Å². The highest BCUT2D eigenvalue weighted by atomic mass is 16.5. The zero-order chi connectivity index (χ0) is 20.2. The first-order valence-corrected chi connectivity index (χ1v) is 9.71. The van der Waals surface area contributed by atoms with E-state index in [1.807, 2.05) is 39.8 Å². The third-order valence-corrected chi connectivity index (χ3v) is 5.55. The molecule has 148 valence electrons. The second kappa shape index (κ2) is 6.40. The molecule has 0 spiro atoms. The molecule has 3 heterocycles. The number of hydrogen-bond donors (Lipinski definition) is 1. The summed E-state index contributed by atoms with van der Waals surface area (Å²) in [5.41, 5.74) is 2.06. The molecule has 28 heavy (non-hydrogen) atoms. The second-order valence-corrected chi connectivity index (χ2v) is 8.13. The molecular formula is C22H25NO5. The monoisotopic (exact) mass is 383 g/mol. The van der Waals surface area contributed by atoms with Crippen LogP contribution in [0.5, 0.6) is 11.5 Å². The lowest BCUT2D eigenvalue weighted by molar-refractivity contribution is 0.154. The molecule has 1 N–H and O–H groups in total. The lowest BCUT2D eigenvalue weighted by Crippen LogP contribution is -2.36. The van der Waals surface area contributed by atoms with Gasteiger partial charge in [-0.05, 0) is 44.9 Å². The Balaban J connectivity index is 2.21. The van der Waals surface area contributed by atoms with Gasteiger partial charge in [-0.25, -0.2) is 4.79 Å². The molecule has 2 aromatic rings. The predicted molar refractivity (Wildman–Crippen MR) is 108 cm³/mol. The van der Waals surface area contributed by atoms with E-state index in [2.05, 4.69) is 12.1 Å². The van der Waals surface area contributed by atoms with E-state index in [-0.39, 0.29) is 12.0 Å². The SMILES string of the molecule is CCCc1cc(=O)oc2c3c(c4c(c12)OC(C)(C)C=C4)O[C@H](C)[C@@H](C)/C3=N/O. The first-order valence-electron chi connectivity index (χ1n) is 9.71. The minimum Gasteiger partial charge on any atom is -0.488 e. The Kier molecular flexibility index (Phi) is 4.25. The number of aryl methyl sites for hydroxylation is 1. The van der Waals surface area contributed by atoms with E-state index in [9.17, 15) is 10.0 Å².